The van der Waals surface area contributed by atoms with Crippen LogP contribution in [0.1, 0.15) is 26.5 Å². The number of nitrogens with zero attached hydrogens (tertiary/aromatic N) is 2. The van der Waals surface area contributed by atoms with Gasteiger partial charge in [-0.05, 0) is 0 Å². The van der Waals surface area contributed by atoms with Gasteiger partial charge in [0.05, 0.1) is 0 Å². The highest BCUT2D eigenvalue weighted by molar-refractivity contribution is 5.06. The molecule has 0 amide bonds. The fourth-order valence-corrected chi connectivity index (χ4v) is 0.900. The number of aromatic nitrogens is 3. The number of H-pyrrole nitrogens is 1. The van der Waals surface area contributed by atoms with Crippen LogP contribution in [0, 0.1) is 0 Å². The van der Waals surface area contributed by atoms with Crippen LogP contribution >= 0.6 is 0 Å². The van der Waals surface area contributed by atoms with Gasteiger partial charge in [0.2, 0.25) is 0 Å². The van der Waals surface area contributed by atoms with Crippen molar-refractivity contribution in [3.63, 3.8) is 0 Å². The zero-order chi connectivity index (χ0) is 10.2. The van der Waals surface area contributed by atoms with Crippen molar-refractivity contribution in [3.05, 3.63) is 26.5 Å². The minimum atomic E-state index is -0.710. The molecule has 0 aromatic carbocycles. The minimum Gasteiger partial charge on any atom is -0.332 e. The number of nitrogens with one attached hydrogen (secondary N) is 1. The van der Waals surface area contributed by atoms with Crippen LogP contribution in [0.5, 0.6) is 0 Å². The Morgan fingerprint density at radius 3 is 2.38 bits per heavy atom. The third-order valence-corrected chi connectivity index (χ3v) is 1.61. The van der Waals surface area contributed by atoms with Gasteiger partial charge < -0.3 is 5.84 Å². The molecule has 1 heterocycles. The summed E-state index contributed by atoms with van der Waals surface area (Å²) >= 11 is 0. The fourth-order valence-electron chi connectivity index (χ4n) is 0.900. The second-order valence-corrected chi connectivity index (χ2v) is 3.80. The van der Waals surface area contributed by atoms with Gasteiger partial charge in [0, 0.05) is 5.41 Å². The molecule has 0 unspecified atom stereocenters. The average molecular weight is 184 g/mol. The summed E-state index contributed by atoms with van der Waals surface area (Å²) in [6.45, 7) is 5.44. The van der Waals surface area contributed by atoms with Crippen LogP contribution in [0.3, 0.4) is 0 Å². The quantitative estimate of drug-likeness (QED) is 0.503. The second-order valence-electron chi connectivity index (χ2n) is 3.80. The van der Waals surface area contributed by atoms with E-state index in [0.29, 0.717) is 4.68 Å². The SMILES string of the molecule is CC(C)(C)c1n[nH]c(=O)n(N)c1=O. The smallest absolute Gasteiger partial charge is 0.332 e. The Hall–Kier alpha value is -1.59. The van der Waals surface area contributed by atoms with Crippen LogP contribution in [0.2, 0.25) is 0 Å². The lowest BCUT2D eigenvalue weighted by atomic mass is 9.93. The molecule has 6 heteroatoms. The van der Waals surface area contributed by atoms with Gasteiger partial charge in [0.1, 0.15) is 5.69 Å². The first-order valence-corrected chi connectivity index (χ1v) is 3.81. The van der Waals surface area contributed by atoms with E-state index >= 15 is 0 Å². The molecule has 0 bridgehead atoms. The highest BCUT2D eigenvalue weighted by Crippen LogP contribution is 2.14. The number of rotatable bonds is 0. The standard InChI is InChI=1S/C7H12N4O2/c1-7(2,3)4-5(12)11(8)6(13)10-9-4/h8H2,1-3H3,(H,10,13). The Balaban J connectivity index is 3.54. The van der Waals surface area contributed by atoms with Gasteiger partial charge in [-0.25, -0.2) is 9.89 Å². The summed E-state index contributed by atoms with van der Waals surface area (Å²) in [6, 6.07) is 0. The average Bonchev–Trinajstić information content (AvgIpc) is 1.98. The van der Waals surface area contributed by atoms with Gasteiger partial charge in [-0.1, -0.05) is 20.8 Å². The molecule has 0 aliphatic heterocycles. The van der Waals surface area contributed by atoms with Crippen LogP contribution in [0.4, 0.5) is 0 Å². The summed E-state index contributed by atoms with van der Waals surface area (Å²) in [5.74, 6) is 5.20. The number of hydrogen-bond acceptors (Lipinski definition) is 4. The summed E-state index contributed by atoms with van der Waals surface area (Å²) in [7, 11) is 0. The monoisotopic (exact) mass is 184 g/mol. The Morgan fingerprint density at radius 1 is 1.38 bits per heavy atom. The Morgan fingerprint density at radius 2 is 1.92 bits per heavy atom. The Labute approximate surface area is 74.4 Å². The third kappa shape index (κ3) is 1.61. The topological polar surface area (TPSA) is 93.8 Å². The zero-order valence-electron chi connectivity index (χ0n) is 7.79. The molecule has 1 rings (SSSR count). The van der Waals surface area contributed by atoms with Crippen molar-refractivity contribution in [3.8, 4) is 0 Å². The van der Waals surface area contributed by atoms with Gasteiger partial charge in [-0.3, -0.25) is 4.79 Å². The van der Waals surface area contributed by atoms with Gasteiger partial charge in [-0.15, -0.1) is 0 Å². The number of nitrogen functional groups attached to an aromatic ring is 1. The van der Waals surface area contributed by atoms with E-state index in [1.807, 2.05) is 20.8 Å². The highest BCUT2D eigenvalue weighted by atomic mass is 16.2. The first kappa shape index (κ1) is 9.50. The van der Waals surface area contributed by atoms with E-state index in [9.17, 15) is 9.59 Å². The highest BCUT2D eigenvalue weighted by Gasteiger charge is 2.21. The lowest BCUT2D eigenvalue weighted by Crippen LogP contribution is -2.45. The summed E-state index contributed by atoms with van der Waals surface area (Å²) in [6.07, 6.45) is 0. The molecule has 0 spiro atoms. The summed E-state index contributed by atoms with van der Waals surface area (Å²) in [5, 5.41) is 5.81. The van der Waals surface area contributed by atoms with Gasteiger partial charge in [-0.2, -0.15) is 9.77 Å². The van der Waals surface area contributed by atoms with Crippen molar-refractivity contribution < 1.29 is 0 Å². The molecule has 72 valence electrons. The van der Waals surface area contributed by atoms with Gasteiger partial charge in [0.25, 0.3) is 5.56 Å². The maximum Gasteiger partial charge on any atom is 0.363 e. The molecule has 1 aromatic heterocycles. The third-order valence-electron chi connectivity index (χ3n) is 1.61. The normalized spacial score (nSPS) is 11.6. The van der Waals surface area contributed by atoms with E-state index < -0.39 is 16.7 Å². The lowest BCUT2D eigenvalue weighted by molar-refractivity contribution is 0.531. The van der Waals surface area contributed by atoms with Crippen LogP contribution in [0.15, 0.2) is 9.59 Å². The lowest BCUT2D eigenvalue weighted by Gasteiger charge is -2.15. The van der Waals surface area contributed by atoms with Crippen LogP contribution < -0.4 is 17.1 Å². The Bertz CT molecular complexity index is 423. The van der Waals surface area contributed by atoms with Crippen LogP contribution in [0.25, 0.3) is 0 Å². The maximum atomic E-state index is 11.4. The van der Waals surface area contributed by atoms with E-state index in [-0.39, 0.29) is 5.69 Å². The first-order valence-electron chi connectivity index (χ1n) is 3.81. The van der Waals surface area contributed by atoms with Gasteiger partial charge in [0.15, 0.2) is 0 Å². The molecule has 0 saturated heterocycles. The van der Waals surface area contributed by atoms with Crippen molar-refractivity contribution in [2.24, 2.45) is 0 Å². The molecule has 0 aliphatic rings. The fraction of sp³-hybridized carbons (Fsp3) is 0.571. The molecule has 1 aromatic rings. The summed E-state index contributed by atoms with van der Waals surface area (Å²) in [4.78, 5) is 22.2. The molecular formula is C7H12N4O2. The van der Waals surface area contributed by atoms with Crippen LogP contribution in [-0.4, -0.2) is 14.9 Å². The van der Waals surface area contributed by atoms with Crippen molar-refractivity contribution in [1.29, 1.82) is 0 Å². The van der Waals surface area contributed by atoms with E-state index in [1.54, 1.807) is 0 Å². The van der Waals surface area contributed by atoms with Crippen molar-refractivity contribution in [2.75, 3.05) is 5.84 Å². The molecule has 13 heavy (non-hydrogen) atoms. The van der Waals surface area contributed by atoms with E-state index in [1.165, 1.54) is 0 Å². The maximum absolute atomic E-state index is 11.4. The number of aromatic amines is 1. The Kier molecular flexibility index (Phi) is 1.99. The molecule has 0 aliphatic carbocycles. The summed E-state index contributed by atoms with van der Waals surface area (Å²) < 4.78 is 0.521. The molecular weight excluding hydrogens is 172 g/mol. The molecule has 0 saturated carbocycles. The molecule has 3 N–H and O–H groups in total. The second kappa shape index (κ2) is 2.72. The summed E-state index contributed by atoms with van der Waals surface area (Å²) in [5.41, 5.74) is -1.45. The largest absolute Gasteiger partial charge is 0.363 e. The first-order chi connectivity index (χ1) is 5.84. The minimum absolute atomic E-state index is 0.245. The van der Waals surface area contributed by atoms with E-state index in [0.717, 1.165) is 0 Å². The number of hydrogen-bond donors (Lipinski definition) is 2. The van der Waals surface area contributed by atoms with Crippen LogP contribution in [-0.2, 0) is 5.41 Å². The predicted molar refractivity (Wildman–Crippen MR) is 48.0 cm³/mol. The van der Waals surface area contributed by atoms with Crippen molar-refractivity contribution in [1.82, 2.24) is 14.9 Å². The van der Waals surface area contributed by atoms with Crippen molar-refractivity contribution in [2.45, 2.75) is 26.2 Å². The zero-order valence-corrected chi connectivity index (χ0v) is 7.79. The molecule has 0 fully saturated rings. The molecule has 0 radical (unpaired) electrons. The van der Waals surface area contributed by atoms with E-state index in [4.69, 9.17) is 5.84 Å². The predicted octanol–water partition coefficient (Wildman–Crippen LogP) is -1.06. The number of nitrogens with two attached hydrogens (primary N) is 1. The molecule has 0 atom stereocenters. The molecule has 6 nitrogen and oxygen atoms in total. The van der Waals surface area contributed by atoms with Gasteiger partial charge >= 0.3 is 5.69 Å². The van der Waals surface area contributed by atoms with Crippen molar-refractivity contribution >= 4 is 0 Å². The van der Waals surface area contributed by atoms with E-state index in [2.05, 4.69) is 10.2 Å².